The van der Waals surface area contributed by atoms with Gasteiger partial charge < -0.3 is 25.6 Å². The van der Waals surface area contributed by atoms with Crippen LogP contribution in [0.1, 0.15) is 142 Å². The van der Waals surface area contributed by atoms with Crippen LogP contribution in [0.3, 0.4) is 0 Å². The van der Waals surface area contributed by atoms with Gasteiger partial charge in [-0.15, -0.1) is 0 Å². The second kappa shape index (κ2) is 30.1. The number of hydrogen-bond acceptors (Lipinski definition) is 8. The van der Waals surface area contributed by atoms with Crippen LogP contribution < -0.4 is 11.1 Å². The summed E-state index contributed by atoms with van der Waals surface area (Å²) in [4.78, 5) is 36.7. The Bertz CT molecular complexity index is 637. The maximum absolute atomic E-state index is 12.5. The Morgan fingerprint density at radius 3 is 1.66 bits per heavy atom. The third-order valence-corrected chi connectivity index (χ3v) is 8.25. The normalized spacial score (nSPS) is 12.6. The van der Waals surface area contributed by atoms with Crippen molar-refractivity contribution < 1.29 is 29.0 Å². The number of esters is 2. The van der Waals surface area contributed by atoms with Crippen LogP contribution >= 0.6 is 11.8 Å². The summed E-state index contributed by atoms with van der Waals surface area (Å²) in [5, 5.41) is 11.4. The van der Waals surface area contributed by atoms with Crippen molar-refractivity contribution in [3.05, 3.63) is 0 Å². The largest absolute Gasteiger partial charge is 0.462 e. The summed E-state index contributed by atoms with van der Waals surface area (Å²) < 4.78 is 11.1. The van der Waals surface area contributed by atoms with Gasteiger partial charge in [-0.25, -0.2) is 0 Å². The smallest absolute Gasteiger partial charge is 0.306 e. The number of unbranched alkanes of at least 4 members (excludes halogenated alkanes) is 16. The minimum Gasteiger partial charge on any atom is -0.462 e. The first-order valence-corrected chi connectivity index (χ1v) is 17.7. The lowest BCUT2D eigenvalue weighted by Gasteiger charge is -2.19. The number of hydrogen-bond donors (Lipinski definition) is 3. The molecule has 242 valence electrons. The van der Waals surface area contributed by atoms with Crippen molar-refractivity contribution in [2.24, 2.45) is 5.73 Å². The molecule has 8 nitrogen and oxygen atoms in total. The molecule has 0 saturated carbocycles. The summed E-state index contributed by atoms with van der Waals surface area (Å²) in [5.41, 5.74) is 5.92. The second-order valence-electron chi connectivity index (χ2n) is 11.1. The van der Waals surface area contributed by atoms with E-state index in [1.54, 1.807) is 0 Å². The molecule has 0 spiro atoms. The highest BCUT2D eigenvalue weighted by atomic mass is 32.2. The average Bonchev–Trinajstić information content (AvgIpc) is 2.96. The highest BCUT2D eigenvalue weighted by Gasteiger charge is 2.19. The summed E-state index contributed by atoms with van der Waals surface area (Å²) in [5.74, 6) is -0.166. The molecule has 0 aliphatic heterocycles. The first-order chi connectivity index (χ1) is 19.9. The zero-order valence-corrected chi connectivity index (χ0v) is 27.1. The van der Waals surface area contributed by atoms with Gasteiger partial charge >= 0.3 is 11.9 Å². The zero-order valence-electron chi connectivity index (χ0n) is 26.3. The SMILES string of the molecule is CCCCCCCCCCCC(=O)OC[C@H](CSC[C@H](N)C(=O)NCCO)OC(=O)CCCCCCCCCCC. The van der Waals surface area contributed by atoms with Crippen molar-refractivity contribution in [3.8, 4) is 0 Å². The number of nitrogens with two attached hydrogens (primary N) is 1. The van der Waals surface area contributed by atoms with Crippen molar-refractivity contribution in [2.75, 3.05) is 31.3 Å². The van der Waals surface area contributed by atoms with Crippen molar-refractivity contribution in [3.63, 3.8) is 0 Å². The van der Waals surface area contributed by atoms with Crippen molar-refractivity contribution in [1.29, 1.82) is 0 Å². The molecule has 1 amide bonds. The summed E-state index contributed by atoms with van der Waals surface area (Å²) in [6.45, 7) is 4.47. The van der Waals surface area contributed by atoms with E-state index < -0.39 is 12.1 Å². The van der Waals surface area contributed by atoms with Crippen LogP contribution in [0.15, 0.2) is 0 Å². The van der Waals surface area contributed by atoms with E-state index in [0.717, 1.165) is 38.5 Å². The summed E-state index contributed by atoms with van der Waals surface area (Å²) >= 11 is 1.38. The first-order valence-electron chi connectivity index (χ1n) is 16.5. The van der Waals surface area contributed by atoms with Gasteiger partial charge in [0.25, 0.3) is 0 Å². The molecule has 41 heavy (non-hydrogen) atoms. The number of ether oxygens (including phenoxy) is 2. The predicted molar refractivity (Wildman–Crippen MR) is 170 cm³/mol. The molecule has 0 aliphatic rings. The molecule has 0 rings (SSSR count). The summed E-state index contributed by atoms with van der Waals surface area (Å²) in [7, 11) is 0. The Labute approximate surface area is 255 Å². The number of thioether (sulfide) groups is 1. The third-order valence-electron chi connectivity index (χ3n) is 7.05. The van der Waals surface area contributed by atoms with Crippen LogP contribution in [-0.2, 0) is 23.9 Å². The van der Waals surface area contributed by atoms with Crippen LogP contribution in [-0.4, -0.2) is 66.4 Å². The number of amides is 1. The zero-order chi connectivity index (χ0) is 30.4. The number of nitrogens with one attached hydrogen (secondary N) is 1. The maximum atomic E-state index is 12.5. The third kappa shape index (κ3) is 27.3. The fourth-order valence-electron chi connectivity index (χ4n) is 4.49. The van der Waals surface area contributed by atoms with Crippen LogP contribution in [0.4, 0.5) is 0 Å². The van der Waals surface area contributed by atoms with Gasteiger partial charge in [-0.1, -0.05) is 117 Å². The minimum absolute atomic E-state index is 0.0126. The Balaban J connectivity index is 4.37. The molecule has 0 aromatic rings. The van der Waals surface area contributed by atoms with Gasteiger partial charge in [0.2, 0.25) is 5.91 Å². The highest BCUT2D eigenvalue weighted by molar-refractivity contribution is 7.99. The topological polar surface area (TPSA) is 128 Å². The number of aliphatic hydroxyl groups excluding tert-OH is 1. The molecule has 2 atom stereocenters. The molecule has 0 unspecified atom stereocenters. The van der Waals surface area contributed by atoms with Crippen molar-refractivity contribution in [2.45, 2.75) is 154 Å². The minimum atomic E-state index is -0.737. The first kappa shape index (κ1) is 39.7. The monoisotopic (exact) mass is 602 g/mol. The molecule has 4 N–H and O–H groups in total. The van der Waals surface area contributed by atoms with E-state index in [1.165, 1.54) is 88.8 Å². The van der Waals surface area contributed by atoms with E-state index in [9.17, 15) is 14.4 Å². The molecule has 0 fully saturated rings. The van der Waals surface area contributed by atoms with E-state index in [2.05, 4.69) is 19.2 Å². The number of carbonyl (C=O) groups excluding carboxylic acids is 3. The van der Waals surface area contributed by atoms with Gasteiger partial charge in [-0.05, 0) is 12.8 Å². The molecular formula is C32H62N2O6S. The summed E-state index contributed by atoms with van der Waals surface area (Å²) in [6.07, 6.45) is 21.3. The van der Waals surface area contributed by atoms with E-state index in [1.807, 2.05) is 0 Å². The summed E-state index contributed by atoms with van der Waals surface area (Å²) in [6, 6.07) is -0.737. The number of carbonyl (C=O) groups is 3. The Kier molecular flexibility index (Phi) is 29.2. The maximum Gasteiger partial charge on any atom is 0.306 e. The molecule has 0 bridgehead atoms. The van der Waals surface area contributed by atoms with Crippen LogP contribution in [0.5, 0.6) is 0 Å². The Hall–Kier alpha value is -1.32. The van der Waals surface area contributed by atoms with Crippen LogP contribution in [0, 0.1) is 0 Å². The molecule has 0 heterocycles. The lowest BCUT2D eigenvalue weighted by atomic mass is 10.1. The number of rotatable bonds is 30. The molecule has 9 heteroatoms. The van der Waals surface area contributed by atoms with E-state index in [4.69, 9.17) is 20.3 Å². The Morgan fingerprint density at radius 1 is 0.707 bits per heavy atom. The second-order valence-corrected chi connectivity index (χ2v) is 12.2. The van der Waals surface area contributed by atoms with E-state index >= 15 is 0 Å². The Morgan fingerprint density at radius 2 is 1.17 bits per heavy atom. The standard InChI is InChI=1S/C32H62N2O6S/c1-3-5-7-9-11-13-15-17-19-21-30(36)39-25-28(26-41-27-29(33)32(38)34-23-24-35)40-31(37)22-20-18-16-14-12-10-8-6-4-2/h28-29,35H,3-27,33H2,1-2H3,(H,34,38)/t28-,29+/m1/s1. The fraction of sp³-hybridized carbons (Fsp3) is 0.906. The molecule has 0 aromatic heterocycles. The number of aliphatic hydroxyl groups is 1. The molecule has 0 radical (unpaired) electrons. The van der Waals surface area contributed by atoms with E-state index in [0.29, 0.717) is 24.3 Å². The van der Waals surface area contributed by atoms with Gasteiger partial charge in [0.05, 0.1) is 12.6 Å². The van der Waals surface area contributed by atoms with Gasteiger partial charge in [-0.3, -0.25) is 14.4 Å². The molecule has 0 aliphatic carbocycles. The quantitative estimate of drug-likeness (QED) is 0.0632. The van der Waals surface area contributed by atoms with Gasteiger partial charge in [0.15, 0.2) is 0 Å². The van der Waals surface area contributed by atoms with Gasteiger partial charge in [-0.2, -0.15) is 11.8 Å². The lowest BCUT2D eigenvalue weighted by molar-refractivity contribution is -0.157. The highest BCUT2D eigenvalue weighted by Crippen LogP contribution is 2.14. The predicted octanol–water partition coefficient (Wildman–Crippen LogP) is 6.45. The molecule has 0 aromatic carbocycles. The lowest BCUT2D eigenvalue weighted by Crippen LogP contribution is -2.43. The van der Waals surface area contributed by atoms with E-state index in [-0.39, 0.29) is 37.6 Å². The van der Waals surface area contributed by atoms with Crippen LogP contribution in [0.2, 0.25) is 0 Å². The average molecular weight is 603 g/mol. The molecular weight excluding hydrogens is 540 g/mol. The fourth-order valence-corrected chi connectivity index (χ4v) is 5.46. The van der Waals surface area contributed by atoms with Crippen molar-refractivity contribution in [1.82, 2.24) is 5.32 Å². The van der Waals surface area contributed by atoms with Gasteiger partial charge in [0.1, 0.15) is 12.7 Å². The van der Waals surface area contributed by atoms with Crippen LogP contribution in [0.25, 0.3) is 0 Å². The van der Waals surface area contributed by atoms with Gasteiger partial charge in [0, 0.05) is 30.9 Å². The molecule has 0 saturated heterocycles. The van der Waals surface area contributed by atoms with Crippen molar-refractivity contribution >= 4 is 29.6 Å².